The molecule has 0 aliphatic carbocycles. The van der Waals surface area contributed by atoms with Gasteiger partial charge in [0.1, 0.15) is 12.9 Å². The molecule has 0 bridgehead atoms. The van der Waals surface area contributed by atoms with Crippen LogP contribution < -0.4 is 4.84 Å². The van der Waals surface area contributed by atoms with Crippen molar-refractivity contribution >= 4 is 12.2 Å². The zero-order valence-corrected chi connectivity index (χ0v) is 10.7. The lowest BCUT2D eigenvalue weighted by atomic mass is 10.3. The quantitative estimate of drug-likeness (QED) is 0.525. The van der Waals surface area contributed by atoms with Gasteiger partial charge in [-0.05, 0) is 6.42 Å². The molecule has 0 radical (unpaired) electrons. The molecule has 7 nitrogen and oxygen atoms in total. The highest BCUT2D eigenvalue weighted by molar-refractivity contribution is 5.93. The number of nitrogens with zero attached hydrogens (tertiary/aromatic N) is 3. The molecule has 0 atom stereocenters. The number of hydrogen-bond donors (Lipinski definition) is 0. The summed E-state index contributed by atoms with van der Waals surface area (Å²) in [5.74, 6) is -0.0639. The van der Waals surface area contributed by atoms with Crippen LogP contribution in [-0.2, 0) is 9.53 Å². The largest absolute Gasteiger partial charge is 0.397 e. The fourth-order valence-electron chi connectivity index (χ4n) is 1.76. The van der Waals surface area contributed by atoms with Crippen molar-refractivity contribution in [3.05, 3.63) is 18.0 Å². The summed E-state index contributed by atoms with van der Waals surface area (Å²) < 4.78 is 5.20. The van der Waals surface area contributed by atoms with Crippen molar-refractivity contribution in [3.8, 4) is 0 Å². The van der Waals surface area contributed by atoms with Gasteiger partial charge in [0, 0.05) is 19.5 Å². The van der Waals surface area contributed by atoms with E-state index in [1.807, 2.05) is 0 Å². The average Bonchev–Trinajstić information content (AvgIpc) is 2.92. The molecule has 1 aliphatic rings. The summed E-state index contributed by atoms with van der Waals surface area (Å²) in [7, 11) is 0. The Balaban J connectivity index is 1.85. The van der Waals surface area contributed by atoms with Crippen molar-refractivity contribution < 1.29 is 19.2 Å². The molecule has 2 rings (SSSR count). The second-order valence-corrected chi connectivity index (χ2v) is 4.18. The number of ether oxygens (including phenoxy) is 1. The van der Waals surface area contributed by atoms with Gasteiger partial charge in [-0.3, -0.25) is 4.79 Å². The molecule has 1 aliphatic heterocycles. The highest BCUT2D eigenvalue weighted by Crippen LogP contribution is 2.06. The number of hydrogen-bond acceptors (Lipinski definition) is 5. The number of aldehydes is 1. The van der Waals surface area contributed by atoms with Crippen LogP contribution in [0.2, 0.25) is 0 Å². The van der Waals surface area contributed by atoms with E-state index in [4.69, 9.17) is 9.57 Å². The van der Waals surface area contributed by atoms with E-state index in [0.717, 1.165) is 6.29 Å². The monoisotopic (exact) mass is 267 g/mol. The first-order chi connectivity index (χ1) is 9.31. The van der Waals surface area contributed by atoms with Gasteiger partial charge in [-0.2, -0.15) is 0 Å². The molecule has 0 aromatic carbocycles. The van der Waals surface area contributed by atoms with Crippen molar-refractivity contribution in [2.75, 3.05) is 32.9 Å². The number of carbonyl (C=O) groups excluding carboxylic acids is 2. The Labute approximate surface area is 111 Å². The van der Waals surface area contributed by atoms with Crippen molar-refractivity contribution in [2.24, 2.45) is 0 Å². The summed E-state index contributed by atoms with van der Waals surface area (Å²) in [4.78, 5) is 30.5. The van der Waals surface area contributed by atoms with Gasteiger partial charge < -0.3 is 19.3 Å². The lowest BCUT2D eigenvalue weighted by Gasteiger charge is -2.26. The maximum atomic E-state index is 12.1. The smallest absolute Gasteiger partial charge is 0.257 e. The highest BCUT2D eigenvalue weighted by atomic mass is 16.7. The minimum Gasteiger partial charge on any atom is -0.397 e. The minimum absolute atomic E-state index is 0.0639. The van der Waals surface area contributed by atoms with Crippen LogP contribution in [0, 0.1) is 0 Å². The molecular formula is C12H17N3O4. The fourth-order valence-corrected chi connectivity index (χ4v) is 1.76. The van der Waals surface area contributed by atoms with Gasteiger partial charge in [0.2, 0.25) is 0 Å². The third-order valence-electron chi connectivity index (χ3n) is 2.80. The van der Waals surface area contributed by atoms with Crippen molar-refractivity contribution in [1.29, 1.82) is 0 Å². The van der Waals surface area contributed by atoms with Gasteiger partial charge in [-0.25, -0.2) is 0 Å². The molecule has 0 N–H and O–H groups in total. The molecule has 2 heterocycles. The number of aromatic nitrogens is 2. The van der Waals surface area contributed by atoms with Crippen LogP contribution in [0.5, 0.6) is 0 Å². The maximum absolute atomic E-state index is 12.1. The Morgan fingerprint density at radius 3 is 3.00 bits per heavy atom. The summed E-state index contributed by atoms with van der Waals surface area (Å²) in [6.45, 7) is 2.74. The van der Waals surface area contributed by atoms with Crippen LogP contribution in [0.1, 0.15) is 23.2 Å². The summed E-state index contributed by atoms with van der Waals surface area (Å²) >= 11 is 0. The second kappa shape index (κ2) is 6.89. The number of amides is 1. The molecule has 0 spiro atoms. The van der Waals surface area contributed by atoms with Crippen LogP contribution in [-0.4, -0.2) is 59.9 Å². The number of rotatable bonds is 6. The molecule has 1 fully saturated rings. The van der Waals surface area contributed by atoms with E-state index in [0.29, 0.717) is 51.3 Å². The third-order valence-corrected chi connectivity index (χ3v) is 2.80. The van der Waals surface area contributed by atoms with E-state index in [2.05, 4.69) is 5.10 Å². The van der Waals surface area contributed by atoms with Gasteiger partial charge >= 0.3 is 0 Å². The first-order valence-electron chi connectivity index (χ1n) is 6.30. The second-order valence-electron chi connectivity index (χ2n) is 4.18. The Kier molecular flexibility index (Phi) is 4.91. The lowest BCUT2D eigenvalue weighted by Crippen LogP contribution is -2.40. The van der Waals surface area contributed by atoms with E-state index in [-0.39, 0.29) is 5.91 Å². The van der Waals surface area contributed by atoms with E-state index in [1.54, 1.807) is 11.1 Å². The van der Waals surface area contributed by atoms with Gasteiger partial charge in [0.15, 0.2) is 0 Å². The molecule has 104 valence electrons. The lowest BCUT2D eigenvalue weighted by molar-refractivity contribution is -0.108. The van der Waals surface area contributed by atoms with E-state index < -0.39 is 0 Å². The summed E-state index contributed by atoms with van der Waals surface area (Å²) in [5.41, 5.74) is 0.497. The normalized spacial score (nSPS) is 15.3. The number of unbranched alkanes of at least 4 members (excludes halogenated alkanes) is 1. The van der Waals surface area contributed by atoms with E-state index in [9.17, 15) is 9.59 Å². The molecule has 1 amide bonds. The fraction of sp³-hybridized carbons (Fsp3) is 0.583. The number of carbonyl (C=O) groups is 2. The zero-order chi connectivity index (χ0) is 13.5. The molecule has 1 aromatic heterocycles. The predicted molar refractivity (Wildman–Crippen MR) is 65.7 cm³/mol. The SMILES string of the molecule is O=CCCCOn1cc(C(=O)N2CCOCC2)cn1. The van der Waals surface area contributed by atoms with Gasteiger partial charge in [-0.15, -0.1) is 9.94 Å². The van der Waals surface area contributed by atoms with Crippen LogP contribution in [0.4, 0.5) is 0 Å². The highest BCUT2D eigenvalue weighted by Gasteiger charge is 2.19. The van der Waals surface area contributed by atoms with Crippen LogP contribution in [0.15, 0.2) is 12.4 Å². The summed E-state index contributed by atoms with van der Waals surface area (Å²) in [6.07, 6.45) is 4.98. The Morgan fingerprint density at radius 2 is 2.26 bits per heavy atom. The molecule has 1 saturated heterocycles. The Morgan fingerprint density at radius 1 is 1.47 bits per heavy atom. The Hall–Kier alpha value is -1.89. The average molecular weight is 267 g/mol. The predicted octanol–water partition coefficient (Wildman–Crippen LogP) is -0.237. The summed E-state index contributed by atoms with van der Waals surface area (Å²) in [6, 6.07) is 0. The van der Waals surface area contributed by atoms with Crippen LogP contribution in [0.3, 0.4) is 0 Å². The standard InChI is InChI=1S/C12H17N3O4/c16-5-1-2-6-19-15-10-11(9-13-15)12(17)14-3-7-18-8-4-14/h5,9-10H,1-4,6-8H2. The topological polar surface area (TPSA) is 73.7 Å². The first-order valence-corrected chi connectivity index (χ1v) is 6.30. The van der Waals surface area contributed by atoms with Gasteiger partial charge in [0.25, 0.3) is 5.91 Å². The van der Waals surface area contributed by atoms with Crippen molar-refractivity contribution in [1.82, 2.24) is 14.8 Å². The third kappa shape index (κ3) is 3.78. The van der Waals surface area contributed by atoms with Crippen LogP contribution >= 0.6 is 0 Å². The Bertz CT molecular complexity index is 426. The summed E-state index contributed by atoms with van der Waals surface area (Å²) in [5, 5.41) is 3.96. The maximum Gasteiger partial charge on any atom is 0.257 e. The van der Waals surface area contributed by atoms with Crippen molar-refractivity contribution in [2.45, 2.75) is 12.8 Å². The minimum atomic E-state index is -0.0639. The molecule has 19 heavy (non-hydrogen) atoms. The number of morpholine rings is 1. The van der Waals surface area contributed by atoms with Gasteiger partial charge in [0.05, 0.1) is 31.2 Å². The van der Waals surface area contributed by atoms with Crippen LogP contribution in [0.25, 0.3) is 0 Å². The van der Waals surface area contributed by atoms with Gasteiger partial charge in [-0.1, -0.05) is 0 Å². The zero-order valence-electron chi connectivity index (χ0n) is 10.7. The first kappa shape index (κ1) is 13.5. The molecule has 0 unspecified atom stereocenters. The van der Waals surface area contributed by atoms with E-state index in [1.165, 1.54) is 11.0 Å². The molecule has 7 heteroatoms. The van der Waals surface area contributed by atoms with E-state index >= 15 is 0 Å². The molecular weight excluding hydrogens is 250 g/mol. The van der Waals surface area contributed by atoms with Crippen molar-refractivity contribution in [3.63, 3.8) is 0 Å². The molecule has 1 aromatic rings. The molecule has 0 saturated carbocycles.